The molecule has 3 aromatic rings. The van der Waals surface area contributed by atoms with Gasteiger partial charge in [0.1, 0.15) is 11.5 Å². The van der Waals surface area contributed by atoms with Crippen LogP contribution in [0.2, 0.25) is 5.02 Å². The number of benzene rings is 1. The molecule has 8 heteroatoms. The highest BCUT2D eigenvalue weighted by Crippen LogP contribution is 2.40. The van der Waals surface area contributed by atoms with E-state index in [-0.39, 0.29) is 0 Å². The van der Waals surface area contributed by atoms with E-state index in [1.165, 1.54) is 6.07 Å². The van der Waals surface area contributed by atoms with E-state index in [0.29, 0.717) is 30.2 Å². The molecule has 2 aliphatic rings. The largest absolute Gasteiger partial charge is 0.433 e. The number of aromatic nitrogens is 2. The van der Waals surface area contributed by atoms with E-state index in [0.717, 1.165) is 53.5 Å². The van der Waals surface area contributed by atoms with Gasteiger partial charge in [0.2, 0.25) is 0 Å². The van der Waals surface area contributed by atoms with E-state index in [4.69, 9.17) is 11.6 Å². The summed E-state index contributed by atoms with van der Waals surface area (Å²) in [6.07, 6.45) is -0.276. The fraction of sp³-hybridized carbons (Fsp3) is 0.409. The van der Waals surface area contributed by atoms with Gasteiger partial charge in [-0.15, -0.1) is 0 Å². The molecule has 1 aromatic carbocycles. The van der Waals surface area contributed by atoms with Crippen LogP contribution in [0.5, 0.6) is 0 Å². The van der Waals surface area contributed by atoms with E-state index >= 15 is 0 Å². The van der Waals surface area contributed by atoms with Gasteiger partial charge < -0.3 is 15.2 Å². The van der Waals surface area contributed by atoms with Crippen molar-refractivity contribution < 1.29 is 13.2 Å². The highest BCUT2D eigenvalue weighted by Gasteiger charge is 2.43. The SMILES string of the molecule is FC(F)(F)c1cccc(N2C[C@H]3CC[C@H](NCc4c[nH]c5cccc(Cl)c45)[C@H]3C2)n1. The number of rotatable bonds is 4. The number of H-pyrrole nitrogens is 1. The summed E-state index contributed by atoms with van der Waals surface area (Å²) in [5, 5.41) is 5.45. The zero-order chi connectivity index (χ0) is 20.9. The average Bonchev–Trinajstić information content (AvgIpc) is 3.41. The zero-order valence-corrected chi connectivity index (χ0v) is 17.0. The Bertz CT molecular complexity index is 1060. The van der Waals surface area contributed by atoms with Crippen molar-refractivity contribution in [3.8, 4) is 0 Å². The topological polar surface area (TPSA) is 44.0 Å². The lowest BCUT2D eigenvalue weighted by Crippen LogP contribution is -2.35. The van der Waals surface area contributed by atoms with Crippen LogP contribution in [0.15, 0.2) is 42.6 Å². The van der Waals surface area contributed by atoms with Gasteiger partial charge in [0.05, 0.1) is 5.02 Å². The van der Waals surface area contributed by atoms with Crippen LogP contribution in [-0.2, 0) is 12.7 Å². The van der Waals surface area contributed by atoms with Crippen LogP contribution >= 0.6 is 11.6 Å². The summed E-state index contributed by atoms with van der Waals surface area (Å²) < 4.78 is 39.1. The van der Waals surface area contributed by atoms with Crippen LogP contribution in [0, 0.1) is 11.8 Å². The first kappa shape index (κ1) is 19.7. The second-order valence-electron chi connectivity index (χ2n) is 8.25. The average molecular weight is 435 g/mol. The third-order valence-corrected chi connectivity index (χ3v) is 6.81. The molecule has 3 heterocycles. The van der Waals surface area contributed by atoms with Gasteiger partial charge in [0.15, 0.2) is 0 Å². The predicted molar refractivity (Wildman–Crippen MR) is 112 cm³/mol. The molecule has 0 amide bonds. The highest BCUT2D eigenvalue weighted by atomic mass is 35.5. The molecular weight excluding hydrogens is 413 g/mol. The molecule has 2 N–H and O–H groups in total. The quantitative estimate of drug-likeness (QED) is 0.590. The van der Waals surface area contributed by atoms with Crippen molar-refractivity contribution in [3.63, 3.8) is 0 Å². The first-order valence-electron chi connectivity index (χ1n) is 10.2. The number of halogens is 4. The van der Waals surface area contributed by atoms with Crippen LogP contribution in [0.3, 0.4) is 0 Å². The summed E-state index contributed by atoms with van der Waals surface area (Å²) in [5.74, 6) is 1.30. The number of aromatic amines is 1. The number of anilines is 1. The molecule has 1 aliphatic carbocycles. The van der Waals surface area contributed by atoms with Crippen molar-refractivity contribution in [2.24, 2.45) is 11.8 Å². The molecule has 1 saturated carbocycles. The molecule has 0 radical (unpaired) electrons. The molecule has 3 atom stereocenters. The van der Waals surface area contributed by atoms with Crippen LogP contribution in [-0.4, -0.2) is 29.1 Å². The summed E-state index contributed by atoms with van der Waals surface area (Å²) in [6, 6.07) is 10.3. The third-order valence-electron chi connectivity index (χ3n) is 6.50. The fourth-order valence-electron chi connectivity index (χ4n) is 5.05. The lowest BCUT2D eigenvalue weighted by Gasteiger charge is -2.23. The number of hydrogen-bond donors (Lipinski definition) is 2. The Morgan fingerprint density at radius 2 is 1.97 bits per heavy atom. The van der Waals surface area contributed by atoms with Crippen molar-refractivity contribution in [1.29, 1.82) is 0 Å². The predicted octanol–water partition coefficient (Wildman–Crippen LogP) is 5.24. The number of hydrogen-bond acceptors (Lipinski definition) is 3. The molecule has 1 aliphatic heterocycles. The van der Waals surface area contributed by atoms with Gasteiger partial charge in [0.25, 0.3) is 0 Å². The normalized spacial score (nSPS) is 24.0. The van der Waals surface area contributed by atoms with Crippen molar-refractivity contribution in [1.82, 2.24) is 15.3 Å². The zero-order valence-electron chi connectivity index (χ0n) is 16.2. The molecule has 30 heavy (non-hydrogen) atoms. The minimum absolute atomic E-state index is 0.332. The summed E-state index contributed by atoms with van der Waals surface area (Å²) in [6.45, 7) is 2.20. The Balaban J connectivity index is 1.28. The molecule has 0 unspecified atom stereocenters. The van der Waals surface area contributed by atoms with Gasteiger partial charge >= 0.3 is 6.18 Å². The number of alkyl halides is 3. The Morgan fingerprint density at radius 1 is 1.13 bits per heavy atom. The minimum Gasteiger partial charge on any atom is -0.361 e. The monoisotopic (exact) mass is 434 g/mol. The number of nitrogens with one attached hydrogen (secondary N) is 2. The highest BCUT2D eigenvalue weighted by molar-refractivity contribution is 6.35. The maximum atomic E-state index is 13.0. The Labute approximate surface area is 177 Å². The van der Waals surface area contributed by atoms with Gasteiger partial charge in [-0.3, -0.25) is 0 Å². The minimum atomic E-state index is -4.42. The molecule has 0 spiro atoms. The third kappa shape index (κ3) is 3.54. The van der Waals surface area contributed by atoms with E-state index in [9.17, 15) is 13.2 Å². The number of fused-ring (bicyclic) bond motifs is 2. The second-order valence-corrected chi connectivity index (χ2v) is 8.66. The lowest BCUT2D eigenvalue weighted by atomic mass is 9.97. The Kier molecular flexibility index (Phi) is 4.90. The van der Waals surface area contributed by atoms with Crippen molar-refractivity contribution in [2.75, 3.05) is 18.0 Å². The van der Waals surface area contributed by atoms with Gasteiger partial charge in [-0.1, -0.05) is 23.7 Å². The molecule has 1 saturated heterocycles. The maximum Gasteiger partial charge on any atom is 0.433 e. The number of nitrogens with zero attached hydrogens (tertiary/aromatic N) is 2. The van der Waals surface area contributed by atoms with Crippen LogP contribution < -0.4 is 10.2 Å². The molecule has 2 aromatic heterocycles. The van der Waals surface area contributed by atoms with Crippen molar-refractivity contribution in [3.05, 3.63) is 58.9 Å². The van der Waals surface area contributed by atoms with Crippen LogP contribution in [0.4, 0.5) is 19.0 Å². The molecule has 0 bridgehead atoms. The summed E-state index contributed by atoms with van der Waals surface area (Å²) in [7, 11) is 0. The van der Waals surface area contributed by atoms with Gasteiger partial charge in [-0.2, -0.15) is 13.2 Å². The lowest BCUT2D eigenvalue weighted by molar-refractivity contribution is -0.141. The van der Waals surface area contributed by atoms with E-state index < -0.39 is 11.9 Å². The fourth-order valence-corrected chi connectivity index (χ4v) is 5.35. The molecular formula is C22H22ClF3N4. The maximum absolute atomic E-state index is 13.0. The second kappa shape index (κ2) is 7.46. The van der Waals surface area contributed by atoms with Crippen molar-refractivity contribution >= 4 is 28.3 Å². The summed E-state index contributed by atoms with van der Waals surface area (Å²) >= 11 is 6.38. The summed E-state index contributed by atoms with van der Waals surface area (Å²) in [5.41, 5.74) is 1.32. The Hall–Kier alpha value is -2.25. The molecule has 2 fully saturated rings. The molecule has 5 rings (SSSR count). The molecule has 158 valence electrons. The van der Waals surface area contributed by atoms with Crippen LogP contribution in [0.1, 0.15) is 24.1 Å². The Morgan fingerprint density at radius 3 is 2.80 bits per heavy atom. The van der Waals surface area contributed by atoms with E-state index in [1.807, 2.05) is 29.3 Å². The van der Waals surface area contributed by atoms with Gasteiger partial charge in [-0.25, -0.2) is 4.98 Å². The van der Waals surface area contributed by atoms with Crippen LogP contribution in [0.25, 0.3) is 10.9 Å². The molecule has 4 nitrogen and oxygen atoms in total. The van der Waals surface area contributed by atoms with Gasteiger partial charge in [-0.05, 0) is 54.5 Å². The van der Waals surface area contributed by atoms with Crippen molar-refractivity contribution in [2.45, 2.75) is 31.6 Å². The smallest absolute Gasteiger partial charge is 0.361 e. The van der Waals surface area contributed by atoms with E-state index in [1.54, 1.807) is 6.07 Å². The number of pyridine rings is 1. The van der Waals surface area contributed by atoms with Gasteiger partial charge in [0, 0.05) is 42.8 Å². The summed E-state index contributed by atoms with van der Waals surface area (Å²) in [4.78, 5) is 9.14. The van der Waals surface area contributed by atoms with E-state index in [2.05, 4.69) is 15.3 Å². The first-order valence-corrected chi connectivity index (χ1v) is 10.5. The standard InChI is InChI=1S/C22H22ClF3N4/c23-16-3-1-4-18-21(16)14(10-28-18)9-27-17-8-7-13-11-30(12-15(13)17)20-6-2-5-19(29-20)22(24,25)26/h1-6,10,13,15,17,27-28H,7-9,11-12H2/t13-,15+,17+/m1/s1. The first-order chi connectivity index (χ1) is 14.4.